The zero-order chi connectivity index (χ0) is 29.1. The van der Waals surface area contributed by atoms with E-state index in [2.05, 4.69) is 58.3 Å². The summed E-state index contributed by atoms with van der Waals surface area (Å²) >= 11 is 0. The third kappa shape index (κ3) is 5.19. The predicted molar refractivity (Wildman–Crippen MR) is 168 cm³/mol. The van der Waals surface area contributed by atoms with Crippen molar-refractivity contribution in [3.63, 3.8) is 0 Å². The third-order valence-corrected chi connectivity index (χ3v) is 8.97. The van der Waals surface area contributed by atoms with Gasteiger partial charge in [-0.1, -0.05) is 91.3 Å². The van der Waals surface area contributed by atoms with Gasteiger partial charge in [0.2, 0.25) is 5.91 Å². The van der Waals surface area contributed by atoms with Crippen molar-refractivity contribution in [2.45, 2.75) is 31.1 Å². The maximum Gasteiger partial charge on any atom is 0.318 e. The maximum absolute atomic E-state index is 13.1. The van der Waals surface area contributed by atoms with Gasteiger partial charge in [0.25, 0.3) is 0 Å². The molecule has 0 spiro atoms. The minimum Gasteiger partial charge on any atom is -0.480 e. The number of nitrogens with zero attached hydrogens (tertiary/aromatic N) is 2. The van der Waals surface area contributed by atoms with Crippen LogP contribution in [0, 0.1) is 0 Å². The number of anilines is 1. The first kappa shape index (κ1) is 27.7. The van der Waals surface area contributed by atoms with Crippen molar-refractivity contribution in [1.82, 2.24) is 4.90 Å². The Hall–Kier alpha value is -4.42. The number of fused-ring (bicyclic) bond motifs is 3. The van der Waals surface area contributed by atoms with E-state index < -0.39 is 17.3 Å². The molecule has 0 aromatic heterocycles. The van der Waals surface area contributed by atoms with Gasteiger partial charge in [-0.05, 0) is 70.5 Å². The van der Waals surface area contributed by atoms with Crippen LogP contribution in [0.5, 0.6) is 0 Å². The van der Waals surface area contributed by atoms with Gasteiger partial charge in [-0.2, -0.15) is 0 Å². The molecular formula is C36H37N3O3. The average molecular weight is 560 g/mol. The molecule has 0 bridgehead atoms. The Kier molecular flexibility index (Phi) is 7.81. The minimum atomic E-state index is -1.18. The Morgan fingerprint density at radius 3 is 2.12 bits per heavy atom. The van der Waals surface area contributed by atoms with Gasteiger partial charge in [-0.15, -0.1) is 0 Å². The topological polar surface area (TPSA) is 86.9 Å². The summed E-state index contributed by atoms with van der Waals surface area (Å²) in [4.78, 5) is 30.0. The molecule has 6 nitrogen and oxygen atoms in total. The molecule has 2 aliphatic rings. The van der Waals surface area contributed by atoms with Gasteiger partial charge < -0.3 is 15.7 Å². The third-order valence-electron chi connectivity index (χ3n) is 8.97. The summed E-state index contributed by atoms with van der Waals surface area (Å²) in [6, 6.07) is 32.8. The lowest BCUT2D eigenvalue weighted by molar-refractivity contribution is -0.142. The number of carboxylic acids is 1. The molecule has 1 atom stereocenters. The predicted octanol–water partition coefficient (Wildman–Crippen LogP) is 5.73. The highest BCUT2D eigenvalue weighted by atomic mass is 16.4. The molecule has 1 heterocycles. The van der Waals surface area contributed by atoms with Crippen molar-refractivity contribution in [3.05, 3.63) is 114 Å². The number of amides is 1. The molecule has 42 heavy (non-hydrogen) atoms. The van der Waals surface area contributed by atoms with Crippen molar-refractivity contribution in [1.29, 1.82) is 0 Å². The second kappa shape index (κ2) is 11.8. The van der Waals surface area contributed by atoms with Gasteiger partial charge in [-0.25, -0.2) is 0 Å². The fourth-order valence-corrected chi connectivity index (χ4v) is 6.93. The van der Waals surface area contributed by atoms with Crippen LogP contribution in [0.1, 0.15) is 36.0 Å². The molecule has 0 saturated carbocycles. The van der Waals surface area contributed by atoms with Crippen LogP contribution in [0.3, 0.4) is 0 Å². The van der Waals surface area contributed by atoms with Gasteiger partial charge in [0.05, 0.1) is 6.42 Å². The lowest BCUT2D eigenvalue weighted by Crippen LogP contribution is -2.46. The van der Waals surface area contributed by atoms with Crippen molar-refractivity contribution < 1.29 is 14.7 Å². The number of hydrogen-bond donors (Lipinski definition) is 2. The Labute approximate surface area is 247 Å². The van der Waals surface area contributed by atoms with Crippen LogP contribution in [0.2, 0.25) is 0 Å². The van der Waals surface area contributed by atoms with Crippen LogP contribution in [0.4, 0.5) is 5.69 Å². The molecule has 214 valence electrons. The average Bonchev–Trinajstić information content (AvgIpc) is 3.32. The fraction of sp³-hybridized carbons (Fsp3) is 0.278. The minimum absolute atomic E-state index is 0.0332. The number of rotatable bonds is 10. The van der Waals surface area contributed by atoms with Crippen LogP contribution in [-0.2, 0) is 21.4 Å². The molecule has 1 fully saturated rings. The zero-order valence-electron chi connectivity index (χ0n) is 23.8. The van der Waals surface area contributed by atoms with Crippen molar-refractivity contribution in [2.24, 2.45) is 5.73 Å². The standard InChI is InChI=1S/C36H37N3O3/c37-33(40)25-28-11-8-13-31-30-12-4-5-14-32(30)36(34(28)31,35(41)42)19-6-7-20-38-21-23-39(24-22-38)29-17-15-27(16-18-29)26-9-2-1-3-10-26/h1-5,8-18H,6-7,19-25H2,(H2,37,40)(H,41,42). The molecule has 6 rings (SSSR count). The first-order valence-corrected chi connectivity index (χ1v) is 14.8. The highest BCUT2D eigenvalue weighted by Gasteiger charge is 2.50. The zero-order valence-corrected chi connectivity index (χ0v) is 23.8. The highest BCUT2D eigenvalue weighted by Crippen LogP contribution is 2.53. The van der Waals surface area contributed by atoms with Crippen LogP contribution >= 0.6 is 0 Å². The van der Waals surface area contributed by atoms with Gasteiger partial charge in [0.15, 0.2) is 0 Å². The van der Waals surface area contributed by atoms with E-state index in [0.29, 0.717) is 12.0 Å². The number of carbonyl (C=O) groups excluding carboxylic acids is 1. The number of unbranched alkanes of at least 4 members (excludes halogenated alkanes) is 1. The van der Waals surface area contributed by atoms with Crippen molar-refractivity contribution in [2.75, 3.05) is 37.6 Å². The lowest BCUT2D eigenvalue weighted by atomic mass is 9.72. The van der Waals surface area contributed by atoms with E-state index in [1.807, 2.05) is 48.5 Å². The summed E-state index contributed by atoms with van der Waals surface area (Å²) in [5.74, 6) is -1.32. The number of primary amides is 1. The van der Waals surface area contributed by atoms with Gasteiger partial charge in [0.1, 0.15) is 5.41 Å². The lowest BCUT2D eigenvalue weighted by Gasteiger charge is -2.36. The molecule has 1 aliphatic heterocycles. The number of hydrogen-bond acceptors (Lipinski definition) is 4. The Balaban J connectivity index is 1.09. The van der Waals surface area contributed by atoms with Crippen LogP contribution in [0.25, 0.3) is 22.3 Å². The first-order valence-electron chi connectivity index (χ1n) is 14.8. The first-order chi connectivity index (χ1) is 20.5. The van der Waals surface area contributed by atoms with E-state index in [4.69, 9.17) is 5.73 Å². The molecule has 3 N–H and O–H groups in total. The monoisotopic (exact) mass is 559 g/mol. The normalized spacial score (nSPS) is 18.0. The summed E-state index contributed by atoms with van der Waals surface area (Å²) in [5.41, 5.74) is 12.2. The fourth-order valence-electron chi connectivity index (χ4n) is 6.93. The second-order valence-corrected chi connectivity index (χ2v) is 11.4. The van der Waals surface area contributed by atoms with E-state index in [1.165, 1.54) is 16.8 Å². The number of piperazine rings is 1. The van der Waals surface area contributed by atoms with Gasteiger partial charge in [-0.3, -0.25) is 14.5 Å². The van der Waals surface area contributed by atoms with E-state index in [-0.39, 0.29) is 6.42 Å². The molecule has 1 unspecified atom stereocenters. The van der Waals surface area contributed by atoms with Crippen LogP contribution in [0.15, 0.2) is 97.1 Å². The summed E-state index contributed by atoms with van der Waals surface area (Å²) in [5, 5.41) is 10.8. The Bertz CT molecular complexity index is 1580. The molecule has 1 aliphatic carbocycles. The summed E-state index contributed by atoms with van der Waals surface area (Å²) in [6.45, 7) is 4.85. The Morgan fingerprint density at radius 2 is 1.40 bits per heavy atom. The van der Waals surface area contributed by atoms with Crippen molar-refractivity contribution >= 4 is 17.6 Å². The van der Waals surface area contributed by atoms with E-state index in [1.54, 1.807) is 0 Å². The second-order valence-electron chi connectivity index (χ2n) is 11.4. The summed E-state index contributed by atoms with van der Waals surface area (Å²) in [6.07, 6.45) is 2.20. The number of nitrogens with two attached hydrogens (primary N) is 1. The number of carboxylic acid groups (broad SMARTS) is 1. The Morgan fingerprint density at radius 1 is 0.738 bits per heavy atom. The molecular weight excluding hydrogens is 522 g/mol. The molecule has 6 heteroatoms. The van der Waals surface area contributed by atoms with E-state index >= 15 is 0 Å². The van der Waals surface area contributed by atoms with E-state index in [9.17, 15) is 14.7 Å². The quantitative estimate of drug-likeness (QED) is 0.243. The molecule has 0 radical (unpaired) electrons. The molecule has 1 saturated heterocycles. The number of aliphatic carboxylic acids is 1. The SMILES string of the molecule is NC(=O)Cc1cccc2c1C(CCCCN1CCN(c3ccc(-c4ccccc4)cc3)CC1)(C(=O)O)c1ccccc1-2. The number of benzene rings is 4. The number of carbonyl (C=O) groups is 2. The van der Waals surface area contributed by atoms with E-state index in [0.717, 1.165) is 67.8 Å². The smallest absolute Gasteiger partial charge is 0.318 e. The maximum atomic E-state index is 13.1. The van der Waals surface area contributed by atoms with Gasteiger partial charge >= 0.3 is 5.97 Å². The molecule has 1 amide bonds. The van der Waals surface area contributed by atoms with Crippen molar-refractivity contribution in [3.8, 4) is 22.3 Å². The highest BCUT2D eigenvalue weighted by molar-refractivity contribution is 5.98. The van der Waals surface area contributed by atoms with Gasteiger partial charge in [0, 0.05) is 31.9 Å². The molecule has 4 aromatic carbocycles. The summed E-state index contributed by atoms with van der Waals surface area (Å²) < 4.78 is 0. The largest absolute Gasteiger partial charge is 0.480 e. The van der Waals surface area contributed by atoms with Crippen LogP contribution in [-0.4, -0.2) is 54.6 Å². The summed E-state index contributed by atoms with van der Waals surface area (Å²) in [7, 11) is 0. The van der Waals surface area contributed by atoms with Crippen LogP contribution < -0.4 is 10.6 Å². The molecule has 4 aromatic rings.